The molecule has 2 aromatic carbocycles. The predicted molar refractivity (Wildman–Crippen MR) is 131 cm³/mol. The zero-order valence-corrected chi connectivity index (χ0v) is 19.5. The van der Waals surface area contributed by atoms with E-state index >= 15 is 0 Å². The third-order valence-electron chi connectivity index (χ3n) is 5.04. The SMILES string of the molecule is CCn1c(=O)c(C(=O)CSCCOc2ccc(OC)cc2)c(N)n(Cc2ccccc2)c1=O. The van der Waals surface area contributed by atoms with Crippen LogP contribution in [0.5, 0.6) is 11.5 Å². The van der Waals surface area contributed by atoms with Crippen molar-refractivity contribution in [2.45, 2.75) is 20.0 Å². The minimum absolute atomic E-state index is 0.0542. The standard InChI is InChI=1S/C24H27N3O5S/c1-3-26-23(29)21(22(25)27(24(26)30)15-17-7-5-4-6-8-17)20(28)16-33-14-13-32-19-11-9-18(31-2)10-12-19/h4-12H,3,13-16,25H2,1-2H3. The smallest absolute Gasteiger partial charge is 0.332 e. The van der Waals surface area contributed by atoms with Crippen LogP contribution in [0.2, 0.25) is 0 Å². The number of nitrogens with zero attached hydrogens (tertiary/aromatic N) is 2. The Hall–Kier alpha value is -3.46. The van der Waals surface area contributed by atoms with E-state index in [2.05, 4.69) is 0 Å². The van der Waals surface area contributed by atoms with Crippen molar-refractivity contribution in [1.29, 1.82) is 0 Å². The minimum atomic E-state index is -0.649. The molecule has 0 bridgehead atoms. The topological polar surface area (TPSA) is 106 Å². The summed E-state index contributed by atoms with van der Waals surface area (Å²) in [5.41, 5.74) is 5.70. The summed E-state index contributed by atoms with van der Waals surface area (Å²) in [6.07, 6.45) is 0. The third-order valence-corrected chi connectivity index (χ3v) is 5.96. The van der Waals surface area contributed by atoms with Crippen molar-refractivity contribution in [2.75, 3.05) is 31.0 Å². The summed E-state index contributed by atoms with van der Waals surface area (Å²) in [7, 11) is 1.60. The Morgan fingerprint density at radius 1 is 1.00 bits per heavy atom. The molecule has 0 aliphatic rings. The summed E-state index contributed by atoms with van der Waals surface area (Å²) >= 11 is 1.34. The van der Waals surface area contributed by atoms with E-state index in [1.807, 2.05) is 30.3 Å². The molecule has 0 saturated carbocycles. The molecular weight excluding hydrogens is 442 g/mol. The molecule has 33 heavy (non-hydrogen) atoms. The largest absolute Gasteiger partial charge is 0.497 e. The molecule has 0 atom stereocenters. The Kier molecular flexibility index (Phi) is 8.37. The van der Waals surface area contributed by atoms with E-state index in [9.17, 15) is 14.4 Å². The third kappa shape index (κ3) is 5.87. The maximum atomic E-state index is 12.9. The number of nitrogens with two attached hydrogens (primary N) is 1. The first-order valence-electron chi connectivity index (χ1n) is 10.5. The Morgan fingerprint density at radius 2 is 1.67 bits per heavy atom. The van der Waals surface area contributed by atoms with Gasteiger partial charge in [-0.25, -0.2) is 4.79 Å². The van der Waals surface area contributed by atoms with Gasteiger partial charge in [0, 0.05) is 12.3 Å². The van der Waals surface area contributed by atoms with E-state index in [1.54, 1.807) is 38.3 Å². The van der Waals surface area contributed by atoms with Crippen molar-refractivity contribution < 1.29 is 14.3 Å². The normalized spacial score (nSPS) is 10.7. The molecule has 8 nitrogen and oxygen atoms in total. The molecule has 174 valence electrons. The quantitative estimate of drug-likeness (QED) is 0.340. The lowest BCUT2D eigenvalue weighted by atomic mass is 10.2. The van der Waals surface area contributed by atoms with Gasteiger partial charge in [-0.1, -0.05) is 30.3 Å². The lowest BCUT2D eigenvalue weighted by molar-refractivity contribution is 0.102. The molecule has 0 unspecified atom stereocenters. The average molecular weight is 470 g/mol. The number of ketones is 1. The van der Waals surface area contributed by atoms with Crippen molar-refractivity contribution >= 4 is 23.4 Å². The first-order chi connectivity index (χ1) is 16.0. The number of carbonyl (C=O) groups is 1. The molecule has 0 radical (unpaired) electrons. The van der Waals surface area contributed by atoms with Gasteiger partial charge in [0.15, 0.2) is 5.78 Å². The second kappa shape index (κ2) is 11.4. The number of hydrogen-bond donors (Lipinski definition) is 1. The fourth-order valence-corrected chi connectivity index (χ4v) is 3.98. The Labute approximate surface area is 195 Å². The molecular formula is C24H27N3O5S. The van der Waals surface area contributed by atoms with Crippen LogP contribution in [0.3, 0.4) is 0 Å². The van der Waals surface area contributed by atoms with Gasteiger partial charge in [-0.3, -0.25) is 18.7 Å². The monoisotopic (exact) mass is 469 g/mol. The van der Waals surface area contributed by atoms with E-state index in [-0.39, 0.29) is 30.2 Å². The molecule has 9 heteroatoms. The lowest BCUT2D eigenvalue weighted by Gasteiger charge is -2.15. The van der Waals surface area contributed by atoms with E-state index in [0.717, 1.165) is 15.9 Å². The van der Waals surface area contributed by atoms with Gasteiger partial charge in [0.2, 0.25) is 0 Å². The maximum absolute atomic E-state index is 12.9. The number of ether oxygens (including phenoxy) is 2. The van der Waals surface area contributed by atoms with Crippen LogP contribution in [-0.4, -0.2) is 40.1 Å². The number of Topliss-reactive ketones (excluding diaryl/α,β-unsaturated/α-hetero) is 1. The van der Waals surface area contributed by atoms with Crippen LogP contribution < -0.4 is 26.5 Å². The average Bonchev–Trinajstić information content (AvgIpc) is 2.83. The van der Waals surface area contributed by atoms with Crippen molar-refractivity contribution in [2.24, 2.45) is 0 Å². The van der Waals surface area contributed by atoms with Crippen LogP contribution in [0.15, 0.2) is 64.2 Å². The predicted octanol–water partition coefficient (Wildman–Crippen LogP) is 2.66. The van der Waals surface area contributed by atoms with Gasteiger partial charge >= 0.3 is 5.69 Å². The number of thioether (sulfide) groups is 1. The van der Waals surface area contributed by atoms with Gasteiger partial charge in [0.05, 0.1) is 26.0 Å². The highest BCUT2D eigenvalue weighted by atomic mass is 32.2. The van der Waals surface area contributed by atoms with Gasteiger partial charge in [-0.2, -0.15) is 11.8 Å². The van der Waals surface area contributed by atoms with Crippen LogP contribution in [0.4, 0.5) is 5.82 Å². The fourth-order valence-electron chi connectivity index (χ4n) is 3.30. The highest BCUT2D eigenvalue weighted by Crippen LogP contribution is 2.17. The van der Waals surface area contributed by atoms with Crippen molar-refractivity contribution in [3.05, 3.63) is 86.6 Å². The summed E-state index contributed by atoms with van der Waals surface area (Å²) in [4.78, 5) is 38.5. The van der Waals surface area contributed by atoms with E-state index < -0.39 is 17.0 Å². The van der Waals surface area contributed by atoms with Gasteiger partial charge < -0.3 is 15.2 Å². The maximum Gasteiger partial charge on any atom is 0.332 e. The Balaban J connectivity index is 1.69. The molecule has 0 aliphatic carbocycles. The summed E-state index contributed by atoms with van der Waals surface area (Å²) in [6.45, 7) is 2.41. The fraction of sp³-hybridized carbons (Fsp3) is 0.292. The summed E-state index contributed by atoms with van der Waals surface area (Å²) in [6, 6.07) is 16.5. The molecule has 1 heterocycles. The van der Waals surface area contributed by atoms with Gasteiger partial charge in [-0.05, 0) is 36.8 Å². The molecule has 3 aromatic rings. The number of anilines is 1. The molecule has 0 saturated heterocycles. The first-order valence-corrected chi connectivity index (χ1v) is 11.7. The molecule has 2 N–H and O–H groups in total. The molecule has 0 fully saturated rings. The number of nitrogen functional groups attached to an aromatic ring is 1. The lowest BCUT2D eigenvalue weighted by Crippen LogP contribution is -2.44. The molecule has 0 aliphatic heterocycles. The van der Waals surface area contributed by atoms with Crippen LogP contribution in [0, 0.1) is 0 Å². The van der Waals surface area contributed by atoms with Gasteiger partial charge in [0.25, 0.3) is 5.56 Å². The van der Waals surface area contributed by atoms with Crippen molar-refractivity contribution in [3.63, 3.8) is 0 Å². The van der Waals surface area contributed by atoms with E-state index in [4.69, 9.17) is 15.2 Å². The number of methoxy groups -OCH3 is 1. The Bertz CT molecular complexity index is 1200. The van der Waals surface area contributed by atoms with E-state index in [0.29, 0.717) is 18.1 Å². The highest BCUT2D eigenvalue weighted by molar-refractivity contribution is 8.00. The molecule has 1 aromatic heterocycles. The minimum Gasteiger partial charge on any atom is -0.497 e. The van der Waals surface area contributed by atoms with Crippen molar-refractivity contribution in [3.8, 4) is 11.5 Å². The summed E-state index contributed by atoms with van der Waals surface area (Å²) < 4.78 is 13.1. The second-order valence-electron chi connectivity index (χ2n) is 7.16. The zero-order valence-electron chi connectivity index (χ0n) is 18.7. The zero-order chi connectivity index (χ0) is 23.8. The van der Waals surface area contributed by atoms with E-state index in [1.165, 1.54) is 16.3 Å². The Morgan fingerprint density at radius 3 is 2.30 bits per heavy atom. The van der Waals surface area contributed by atoms with Crippen LogP contribution in [0.25, 0.3) is 0 Å². The first kappa shape index (κ1) is 24.2. The number of rotatable bonds is 11. The number of benzene rings is 2. The van der Waals surface area contributed by atoms with Gasteiger partial charge in [-0.15, -0.1) is 0 Å². The molecule has 0 spiro atoms. The van der Waals surface area contributed by atoms with Crippen LogP contribution in [-0.2, 0) is 13.1 Å². The number of aromatic nitrogens is 2. The van der Waals surface area contributed by atoms with Crippen LogP contribution in [0.1, 0.15) is 22.8 Å². The van der Waals surface area contributed by atoms with Crippen molar-refractivity contribution in [1.82, 2.24) is 9.13 Å². The molecule has 0 amide bonds. The molecule has 3 rings (SSSR count). The second-order valence-corrected chi connectivity index (χ2v) is 8.27. The highest BCUT2D eigenvalue weighted by Gasteiger charge is 2.22. The number of hydrogen-bond acceptors (Lipinski definition) is 7. The summed E-state index contributed by atoms with van der Waals surface area (Å²) in [5.74, 6) is 1.54. The van der Waals surface area contributed by atoms with Crippen LogP contribution >= 0.6 is 11.8 Å². The van der Waals surface area contributed by atoms with Gasteiger partial charge in [0.1, 0.15) is 22.9 Å². The summed E-state index contributed by atoms with van der Waals surface area (Å²) in [5, 5.41) is 0. The number of carbonyl (C=O) groups excluding carboxylic acids is 1.